The molecule has 0 atom stereocenters. The van der Waals surface area contributed by atoms with Crippen LogP contribution in [0.1, 0.15) is 5.76 Å². The Balaban J connectivity index is 0.000000168. The first-order valence-corrected chi connectivity index (χ1v) is 12.3. The van der Waals surface area contributed by atoms with E-state index >= 15 is 0 Å². The van der Waals surface area contributed by atoms with Crippen LogP contribution in [-0.4, -0.2) is 0 Å². The third-order valence-electron chi connectivity index (χ3n) is 4.65. The lowest BCUT2D eigenvalue weighted by Gasteiger charge is -2.18. The van der Waals surface area contributed by atoms with Crippen LogP contribution >= 0.6 is 23.9 Å². The van der Waals surface area contributed by atoms with Gasteiger partial charge in [-0.2, -0.15) is 0 Å². The molecule has 0 unspecified atom stereocenters. The van der Waals surface area contributed by atoms with E-state index in [0.717, 1.165) is 16.7 Å². The monoisotopic (exact) mass is 472 g/mol. The van der Waals surface area contributed by atoms with Gasteiger partial charge in [0, 0.05) is 5.39 Å². The minimum Gasteiger partial charge on any atom is -0.460 e. The standard InChI is InChI=1S/C18H15P.C9H7BrO/c1-4-10-16(11-5-1)19(17-12-6-2-7-13-17)18-14-8-3-9-15-18;10-6-8-5-7-3-1-2-4-9(7)11-8/h1-15H;1-5H,6H2. The Morgan fingerprint density at radius 2 is 1.00 bits per heavy atom. The van der Waals surface area contributed by atoms with Crippen LogP contribution in [0.25, 0.3) is 11.0 Å². The molecule has 148 valence electrons. The smallest absolute Gasteiger partial charge is 0.134 e. The largest absolute Gasteiger partial charge is 0.460 e. The molecule has 0 N–H and O–H groups in total. The Bertz CT molecular complexity index is 1040. The highest BCUT2D eigenvalue weighted by molar-refractivity contribution is 9.08. The van der Waals surface area contributed by atoms with Crippen LogP contribution in [0.15, 0.2) is 126 Å². The van der Waals surface area contributed by atoms with Gasteiger partial charge in [0.15, 0.2) is 0 Å². The molecule has 0 spiro atoms. The van der Waals surface area contributed by atoms with Gasteiger partial charge in [0.25, 0.3) is 0 Å². The van der Waals surface area contributed by atoms with E-state index in [0.29, 0.717) is 0 Å². The van der Waals surface area contributed by atoms with E-state index in [1.165, 1.54) is 21.3 Å². The Hall–Kier alpha value is -2.67. The second-order valence-electron chi connectivity index (χ2n) is 6.73. The second-order valence-corrected chi connectivity index (χ2v) is 9.51. The maximum Gasteiger partial charge on any atom is 0.134 e. The summed E-state index contributed by atoms with van der Waals surface area (Å²) in [5.41, 5.74) is 0.960. The highest BCUT2D eigenvalue weighted by Gasteiger charge is 2.14. The van der Waals surface area contributed by atoms with Crippen LogP contribution in [0, 0.1) is 0 Å². The lowest BCUT2D eigenvalue weighted by molar-refractivity contribution is 0.575. The van der Waals surface area contributed by atoms with Crippen molar-refractivity contribution in [2.24, 2.45) is 0 Å². The van der Waals surface area contributed by atoms with Gasteiger partial charge in [-0.1, -0.05) is 125 Å². The fraction of sp³-hybridized carbons (Fsp3) is 0.0370. The van der Waals surface area contributed by atoms with Crippen molar-refractivity contribution in [3.8, 4) is 0 Å². The topological polar surface area (TPSA) is 13.1 Å². The van der Waals surface area contributed by atoms with Gasteiger partial charge in [-0.25, -0.2) is 0 Å². The Kier molecular flexibility index (Phi) is 7.13. The van der Waals surface area contributed by atoms with Gasteiger partial charge in [0.2, 0.25) is 0 Å². The van der Waals surface area contributed by atoms with Gasteiger partial charge in [0.1, 0.15) is 11.3 Å². The molecule has 4 aromatic carbocycles. The molecule has 5 rings (SSSR count). The van der Waals surface area contributed by atoms with E-state index in [9.17, 15) is 0 Å². The number of alkyl halides is 1. The summed E-state index contributed by atoms with van der Waals surface area (Å²) >= 11 is 3.34. The maximum atomic E-state index is 5.47. The fourth-order valence-electron chi connectivity index (χ4n) is 3.28. The van der Waals surface area contributed by atoms with E-state index < -0.39 is 7.92 Å². The van der Waals surface area contributed by atoms with Gasteiger partial charge in [-0.15, -0.1) is 0 Å². The van der Waals surface area contributed by atoms with E-state index in [4.69, 9.17) is 4.42 Å². The van der Waals surface area contributed by atoms with E-state index in [-0.39, 0.29) is 0 Å². The number of benzene rings is 4. The second kappa shape index (κ2) is 10.4. The molecule has 0 fully saturated rings. The molecule has 0 aliphatic carbocycles. The molecule has 0 radical (unpaired) electrons. The maximum absolute atomic E-state index is 5.47. The summed E-state index contributed by atoms with van der Waals surface area (Å²) in [6, 6.07) is 42.4. The molecule has 5 aromatic rings. The average molecular weight is 473 g/mol. The summed E-state index contributed by atoms with van der Waals surface area (Å²) in [6.45, 7) is 0. The molecule has 0 amide bonds. The number of hydrogen-bond acceptors (Lipinski definition) is 1. The summed E-state index contributed by atoms with van der Waals surface area (Å²) in [5, 5.41) is 6.14. The normalized spacial score (nSPS) is 10.6. The Morgan fingerprint density at radius 1 is 0.567 bits per heavy atom. The fourth-order valence-corrected chi connectivity index (χ4v) is 5.86. The third kappa shape index (κ3) is 5.08. The first-order chi connectivity index (χ1) is 14.8. The summed E-state index contributed by atoms with van der Waals surface area (Å²) < 4.78 is 5.47. The van der Waals surface area contributed by atoms with Gasteiger partial charge in [-0.3, -0.25) is 0 Å². The summed E-state index contributed by atoms with van der Waals surface area (Å²) in [4.78, 5) is 0. The molecule has 1 nitrogen and oxygen atoms in total. The third-order valence-corrected chi connectivity index (χ3v) is 7.65. The van der Waals surface area contributed by atoms with E-state index in [2.05, 4.69) is 107 Å². The summed E-state index contributed by atoms with van der Waals surface area (Å²) in [7, 11) is -0.446. The van der Waals surface area contributed by atoms with Gasteiger partial charge in [-0.05, 0) is 36.0 Å². The number of furan rings is 1. The Labute approximate surface area is 187 Å². The molecule has 0 saturated carbocycles. The van der Waals surface area contributed by atoms with Crippen molar-refractivity contribution in [1.82, 2.24) is 0 Å². The minimum atomic E-state index is -0.446. The SMILES string of the molecule is BrCc1cc2ccccc2o1.c1ccc(P(c2ccccc2)c2ccccc2)cc1. The highest BCUT2D eigenvalue weighted by atomic mass is 79.9. The van der Waals surface area contributed by atoms with Gasteiger partial charge >= 0.3 is 0 Å². The molecular weight excluding hydrogens is 451 g/mol. The van der Waals surface area contributed by atoms with Gasteiger partial charge in [0.05, 0.1) is 5.33 Å². The van der Waals surface area contributed by atoms with Crippen molar-refractivity contribution in [3.05, 3.63) is 127 Å². The van der Waals surface area contributed by atoms with Crippen LogP contribution in [0.5, 0.6) is 0 Å². The molecule has 1 heterocycles. The zero-order valence-corrected chi connectivity index (χ0v) is 19.0. The zero-order chi connectivity index (χ0) is 20.6. The van der Waals surface area contributed by atoms with Crippen LogP contribution in [0.2, 0.25) is 0 Å². The predicted molar refractivity (Wildman–Crippen MR) is 134 cm³/mol. The van der Waals surface area contributed by atoms with Crippen LogP contribution in [0.3, 0.4) is 0 Å². The first-order valence-electron chi connectivity index (χ1n) is 9.84. The average Bonchev–Trinajstić information content (AvgIpc) is 3.25. The molecule has 3 heteroatoms. The number of para-hydroxylation sites is 1. The molecule has 30 heavy (non-hydrogen) atoms. The molecule has 0 saturated heterocycles. The van der Waals surface area contributed by atoms with Gasteiger partial charge < -0.3 is 4.42 Å². The van der Waals surface area contributed by atoms with E-state index in [1.54, 1.807) is 0 Å². The zero-order valence-electron chi connectivity index (χ0n) is 16.5. The number of halogens is 1. The van der Waals surface area contributed by atoms with Crippen molar-refractivity contribution in [1.29, 1.82) is 0 Å². The predicted octanol–water partition coefficient (Wildman–Crippen LogP) is 6.77. The van der Waals surface area contributed by atoms with Crippen LogP contribution in [-0.2, 0) is 5.33 Å². The molecule has 0 aliphatic rings. The molecule has 0 aliphatic heterocycles. The van der Waals surface area contributed by atoms with Crippen molar-refractivity contribution in [2.45, 2.75) is 5.33 Å². The molecule has 1 aromatic heterocycles. The van der Waals surface area contributed by atoms with Crippen molar-refractivity contribution < 1.29 is 4.42 Å². The first kappa shape index (κ1) is 20.6. The summed E-state index contributed by atoms with van der Waals surface area (Å²) in [5.74, 6) is 0.978. The highest BCUT2D eigenvalue weighted by Crippen LogP contribution is 2.32. The van der Waals surface area contributed by atoms with Crippen molar-refractivity contribution >= 4 is 50.7 Å². The molecular formula is C27H22BrOP. The quantitative estimate of drug-likeness (QED) is 0.207. The number of fused-ring (bicyclic) bond motifs is 1. The lowest BCUT2D eigenvalue weighted by atomic mass is 10.2. The van der Waals surface area contributed by atoms with Crippen LogP contribution < -0.4 is 15.9 Å². The van der Waals surface area contributed by atoms with Crippen molar-refractivity contribution in [3.63, 3.8) is 0 Å². The number of hydrogen-bond donors (Lipinski definition) is 0. The minimum absolute atomic E-state index is 0.446. The Morgan fingerprint density at radius 3 is 1.43 bits per heavy atom. The molecule has 0 bridgehead atoms. The van der Waals surface area contributed by atoms with Crippen LogP contribution in [0.4, 0.5) is 0 Å². The number of rotatable bonds is 4. The lowest BCUT2D eigenvalue weighted by Crippen LogP contribution is -2.20. The van der Waals surface area contributed by atoms with E-state index in [1.807, 2.05) is 30.3 Å². The van der Waals surface area contributed by atoms with Crippen molar-refractivity contribution in [2.75, 3.05) is 0 Å². The summed E-state index contributed by atoms with van der Waals surface area (Å²) in [6.07, 6.45) is 0.